The molecule has 4 aliphatic carbocycles. The van der Waals surface area contributed by atoms with Crippen LogP contribution in [0.2, 0.25) is 0 Å². The zero-order valence-corrected chi connectivity index (χ0v) is 71.5. The lowest BCUT2D eigenvalue weighted by molar-refractivity contribution is 0.103. The first-order valence-electron chi connectivity index (χ1n) is 42.6. The van der Waals surface area contributed by atoms with Crippen LogP contribution in [0.15, 0.2) is 168 Å². The smallest absolute Gasteiger partial charge is 0.194 e. The minimum Gasteiger partial charge on any atom is -0.494 e. The number of Topliss-reactive ketones (excluding diaryl/α,β-unsaturated/α-hetero) is 2. The molecule has 0 amide bonds. The van der Waals surface area contributed by atoms with Gasteiger partial charge in [-0.05, 0) is 191 Å². The average molecular weight is 1680 g/mol. The van der Waals surface area contributed by atoms with Crippen molar-refractivity contribution in [3.8, 4) is 68.2 Å². The molecule has 0 unspecified atom stereocenters. The van der Waals surface area contributed by atoms with Crippen LogP contribution in [0.4, 0.5) is 17.6 Å². The van der Waals surface area contributed by atoms with Crippen LogP contribution in [0.5, 0.6) is 23.0 Å². The molecule has 0 radical (unpaired) electrons. The number of ether oxygens (including phenoxy) is 4. The largest absolute Gasteiger partial charge is 0.494 e. The van der Waals surface area contributed by atoms with Gasteiger partial charge in [-0.15, -0.1) is 45.3 Å². The van der Waals surface area contributed by atoms with Gasteiger partial charge in [0.2, 0.25) is 0 Å². The number of ketones is 2. The first kappa shape index (κ1) is 84.1. The summed E-state index contributed by atoms with van der Waals surface area (Å²) in [5, 5.41) is 41.8. The zero-order chi connectivity index (χ0) is 83.6. The highest BCUT2D eigenvalue weighted by Crippen LogP contribution is 2.68. The fourth-order valence-corrected chi connectivity index (χ4v) is 23.4. The molecule has 7 aromatic carbocycles. The maximum absolute atomic E-state index is 15.3. The van der Waals surface area contributed by atoms with E-state index in [-0.39, 0.29) is 44.5 Å². The van der Waals surface area contributed by atoms with E-state index in [0.717, 1.165) is 234 Å². The first-order valence-corrected chi connectivity index (χ1v) is 45.8. The molecule has 0 bridgehead atoms. The molecule has 0 aliphatic heterocycles. The molecule has 0 fully saturated rings. The summed E-state index contributed by atoms with van der Waals surface area (Å²) in [6.07, 6.45) is 29.9. The summed E-state index contributed by atoms with van der Waals surface area (Å²) in [5.74, 6) is -3.29. The Balaban J connectivity index is 0.975. The number of rotatable bonds is 38. The number of nitrogens with zero attached hydrogens (tertiary/aromatic N) is 4. The van der Waals surface area contributed by atoms with E-state index in [1.54, 1.807) is 34.8 Å². The van der Waals surface area contributed by atoms with Crippen LogP contribution < -0.4 is 18.9 Å². The molecule has 15 rings (SSSR count). The SMILES string of the molecule is CCCCCCCCOc1ccc(C2(c3ccc(OCCCCCCCC)cc3)c3cc4c(cc3-c3sc5cc(/C=C6\C(=O)c7cc(F)c(F)cc7C6=C(C#N)C#N)sc5c32)C(c2ccc(OCCCCCCCC)cc2)(c2ccc(OCCCCCCCC)cc2)c2c-4sc3cc(/C=C4\C(=O)c5cc(F)c(F)cc5C4=C(C#N)C#N)sc23)cc1. The van der Waals surface area contributed by atoms with E-state index >= 15 is 17.6 Å². The Hall–Kier alpha value is -11.0. The van der Waals surface area contributed by atoms with Gasteiger partial charge in [-0.1, -0.05) is 205 Å². The van der Waals surface area contributed by atoms with Crippen LogP contribution in [-0.2, 0) is 10.8 Å². The summed E-state index contributed by atoms with van der Waals surface area (Å²) in [6.45, 7) is 11.1. The van der Waals surface area contributed by atoms with Crippen molar-refractivity contribution in [2.24, 2.45) is 0 Å². The Morgan fingerprint density at radius 2 is 0.608 bits per heavy atom. The predicted molar refractivity (Wildman–Crippen MR) is 477 cm³/mol. The third-order valence-corrected chi connectivity index (χ3v) is 28.7. The minimum atomic E-state index is -1.23. The van der Waals surface area contributed by atoms with Gasteiger partial charge in [0.1, 0.15) is 58.4 Å². The monoisotopic (exact) mass is 1670 g/mol. The Morgan fingerprint density at radius 3 is 0.883 bits per heavy atom. The van der Waals surface area contributed by atoms with E-state index in [4.69, 9.17) is 18.9 Å². The summed E-state index contributed by atoms with van der Waals surface area (Å²) in [7, 11) is 0. The summed E-state index contributed by atoms with van der Waals surface area (Å²) in [6, 6.07) is 53.9. The fourth-order valence-electron chi connectivity index (χ4n) is 18.0. The van der Waals surface area contributed by atoms with Crippen LogP contribution in [0.25, 0.3) is 63.0 Å². The third kappa shape index (κ3) is 16.1. The highest BCUT2D eigenvalue weighted by Gasteiger charge is 2.55. The van der Waals surface area contributed by atoms with Gasteiger partial charge < -0.3 is 18.9 Å². The summed E-state index contributed by atoms with van der Waals surface area (Å²) < 4.78 is 91.0. The van der Waals surface area contributed by atoms with Gasteiger partial charge in [-0.3, -0.25) is 9.59 Å². The highest BCUT2D eigenvalue weighted by atomic mass is 32.1. The molecule has 10 nitrogen and oxygen atoms in total. The predicted octanol–water partition coefficient (Wildman–Crippen LogP) is 28.6. The number of thiophene rings is 4. The standard InChI is InChI=1S/C102H94F4N4O6S4/c1-5-9-13-17-21-25-45-113-69-37-29-65(30-38-69)101(66-31-39-70(40-32-66)114-46-26-22-18-14-10-6-2)83-53-80-84(54-79(83)97-93(101)99-89(119-97)51-73(117-99)49-81-91(63(59-107)60-108)75-55-85(103)87(105)57-77(75)95(81)111)102(67-33-41-71(42-34-67)115-47-27-23-19-15-11-7-3,68-35-43-72(44-36-68)116-48-28-24-20-16-12-8-4)94-98(80)120-90-52-74(118-100(90)94)50-82-92(64(61-109)62-110)76-56-86(104)88(106)58-78(76)96(82)112/h29-44,49-58H,5-28,45-48H2,1-4H3/b81-49-,82-50-. The van der Waals surface area contributed by atoms with Crippen LogP contribution in [0, 0.1) is 68.6 Å². The van der Waals surface area contributed by atoms with Gasteiger partial charge in [-0.25, -0.2) is 17.6 Å². The number of halogens is 4. The molecule has 4 heterocycles. The van der Waals surface area contributed by atoms with Crippen LogP contribution >= 0.6 is 45.3 Å². The van der Waals surface area contributed by atoms with Crippen LogP contribution in [0.3, 0.4) is 0 Å². The van der Waals surface area contributed by atoms with Crippen molar-refractivity contribution >= 4 is 99.0 Å². The lowest BCUT2D eigenvalue weighted by atomic mass is 9.66. The van der Waals surface area contributed by atoms with E-state index in [9.17, 15) is 30.6 Å². The van der Waals surface area contributed by atoms with Crippen LogP contribution in [0.1, 0.15) is 268 Å². The maximum Gasteiger partial charge on any atom is 0.194 e. The quantitative estimate of drug-likeness (QED) is 0.0157. The number of hydrogen-bond acceptors (Lipinski definition) is 14. The molecule has 0 saturated carbocycles. The summed E-state index contributed by atoms with van der Waals surface area (Å²) in [4.78, 5) is 32.6. The van der Waals surface area contributed by atoms with Crippen molar-refractivity contribution < 1.29 is 46.1 Å². The number of carbonyl (C=O) groups excluding carboxylic acids is 2. The maximum atomic E-state index is 15.3. The third-order valence-electron chi connectivity index (χ3n) is 23.9. The average Bonchev–Trinajstić information content (AvgIpc) is 1.49. The molecule has 0 N–H and O–H groups in total. The minimum absolute atomic E-state index is 0.0287. The van der Waals surface area contributed by atoms with Crippen molar-refractivity contribution in [2.45, 2.75) is 193 Å². The molecule has 11 aromatic rings. The molecule has 18 heteroatoms. The van der Waals surface area contributed by atoms with E-state index in [0.29, 0.717) is 36.2 Å². The highest BCUT2D eigenvalue weighted by molar-refractivity contribution is 7.31. The molecule has 610 valence electrons. The van der Waals surface area contributed by atoms with Crippen molar-refractivity contribution in [3.05, 3.63) is 268 Å². The number of hydrogen-bond donors (Lipinski definition) is 0. The zero-order valence-electron chi connectivity index (χ0n) is 68.2. The summed E-state index contributed by atoms with van der Waals surface area (Å²) >= 11 is 6.15. The molecule has 4 aliphatic rings. The number of carbonyl (C=O) groups is 2. The normalized spacial score (nSPS) is 14.4. The Morgan fingerprint density at radius 1 is 0.342 bits per heavy atom. The van der Waals surface area contributed by atoms with Crippen molar-refractivity contribution in [1.29, 1.82) is 21.0 Å². The molecule has 4 aromatic heterocycles. The van der Waals surface area contributed by atoms with Crippen molar-refractivity contribution in [2.75, 3.05) is 26.4 Å². The molecular formula is C102H94F4N4O6S4. The van der Waals surface area contributed by atoms with Gasteiger partial charge in [0.15, 0.2) is 34.8 Å². The molecular weight excluding hydrogens is 1580 g/mol. The second-order valence-corrected chi connectivity index (χ2v) is 35.9. The van der Waals surface area contributed by atoms with Crippen molar-refractivity contribution in [3.63, 3.8) is 0 Å². The Kier molecular flexibility index (Phi) is 26.5. The van der Waals surface area contributed by atoms with Gasteiger partial charge in [0.25, 0.3) is 0 Å². The second kappa shape index (κ2) is 37.8. The Bertz CT molecular complexity index is 5510. The summed E-state index contributed by atoms with van der Waals surface area (Å²) in [5.41, 5.74) is 6.00. The van der Waals surface area contributed by atoms with E-state index in [1.807, 2.05) is 36.4 Å². The number of benzene rings is 7. The van der Waals surface area contributed by atoms with E-state index < -0.39 is 56.8 Å². The van der Waals surface area contributed by atoms with Gasteiger partial charge >= 0.3 is 0 Å². The van der Waals surface area contributed by atoms with Gasteiger partial charge in [-0.2, -0.15) is 21.0 Å². The number of unbranched alkanes of at least 4 members (excludes halogenated alkanes) is 20. The van der Waals surface area contributed by atoms with E-state index in [2.05, 4.69) is 137 Å². The van der Waals surface area contributed by atoms with E-state index in [1.165, 1.54) is 74.0 Å². The molecule has 0 spiro atoms. The fraction of sp³-hybridized carbons (Fsp3) is 0.333. The lowest BCUT2D eigenvalue weighted by Gasteiger charge is -2.35. The number of fused-ring (bicyclic) bond motifs is 12. The number of nitriles is 4. The molecule has 120 heavy (non-hydrogen) atoms. The van der Waals surface area contributed by atoms with Crippen molar-refractivity contribution in [1.82, 2.24) is 0 Å². The second-order valence-electron chi connectivity index (χ2n) is 31.6. The molecule has 0 atom stereocenters. The molecule has 0 saturated heterocycles. The first-order chi connectivity index (χ1) is 58.7. The van der Waals surface area contributed by atoms with Gasteiger partial charge in [0.05, 0.1) is 46.7 Å². The Labute approximate surface area is 716 Å². The van der Waals surface area contributed by atoms with Crippen LogP contribution in [-0.4, -0.2) is 38.0 Å². The topological polar surface area (TPSA) is 166 Å². The van der Waals surface area contributed by atoms with Gasteiger partial charge in [0, 0.05) is 73.5 Å². The number of allylic oxidation sites excluding steroid dienone is 6. The lowest BCUT2D eigenvalue weighted by Crippen LogP contribution is -2.30.